The van der Waals surface area contributed by atoms with E-state index in [4.69, 9.17) is 17.0 Å². The van der Waals surface area contributed by atoms with Crippen molar-refractivity contribution in [2.24, 2.45) is 0 Å². The van der Waals surface area contributed by atoms with Gasteiger partial charge in [-0.2, -0.15) is 0 Å². The number of rotatable bonds is 5. The van der Waals surface area contributed by atoms with Crippen molar-refractivity contribution < 1.29 is 13.9 Å². The van der Waals surface area contributed by atoms with Gasteiger partial charge in [0, 0.05) is 17.8 Å². The topological polar surface area (TPSA) is 50.4 Å². The Morgan fingerprint density at radius 1 is 1.17 bits per heavy atom. The number of carbonyl (C=O) groups excluding carboxylic acids is 1. The van der Waals surface area contributed by atoms with Gasteiger partial charge in [-0.05, 0) is 60.7 Å². The van der Waals surface area contributed by atoms with E-state index in [0.717, 1.165) is 0 Å². The summed E-state index contributed by atoms with van der Waals surface area (Å²) >= 11 is 4.99. The first-order chi connectivity index (χ1) is 11.1. The molecule has 23 heavy (non-hydrogen) atoms. The van der Waals surface area contributed by atoms with Gasteiger partial charge in [0.25, 0.3) is 11.1 Å². The van der Waals surface area contributed by atoms with Gasteiger partial charge in [0.1, 0.15) is 11.6 Å². The van der Waals surface area contributed by atoms with Crippen LogP contribution in [-0.4, -0.2) is 17.6 Å². The highest BCUT2D eigenvalue weighted by atomic mass is 32.1. The number of halogens is 1. The van der Waals surface area contributed by atoms with Gasteiger partial charge >= 0.3 is 0 Å². The van der Waals surface area contributed by atoms with E-state index < -0.39 is 0 Å². The lowest BCUT2D eigenvalue weighted by molar-refractivity contribution is 0.102. The predicted molar refractivity (Wildman–Crippen MR) is 92.2 cm³/mol. The van der Waals surface area contributed by atoms with Gasteiger partial charge in [0.15, 0.2) is 0 Å². The fourth-order valence-electron chi connectivity index (χ4n) is 1.71. The number of nitrogens with one attached hydrogen (secondary N) is 2. The van der Waals surface area contributed by atoms with Gasteiger partial charge < -0.3 is 15.4 Å². The number of carbonyl (C=O) groups is 1. The molecule has 0 atom stereocenters. The van der Waals surface area contributed by atoms with E-state index in [1.165, 1.54) is 24.3 Å². The average Bonchev–Trinajstić information content (AvgIpc) is 2.55. The Morgan fingerprint density at radius 2 is 1.83 bits per heavy atom. The first kappa shape index (κ1) is 16.6. The fraction of sp³-hybridized carbons (Fsp3) is 0.0588. The first-order valence-corrected chi connectivity index (χ1v) is 7.23. The van der Waals surface area contributed by atoms with Crippen LogP contribution < -0.4 is 15.4 Å². The van der Waals surface area contributed by atoms with Crippen LogP contribution in [-0.2, 0) is 0 Å². The van der Waals surface area contributed by atoms with E-state index in [1.54, 1.807) is 30.3 Å². The summed E-state index contributed by atoms with van der Waals surface area (Å²) in [6.07, 6.45) is 1.67. The van der Waals surface area contributed by atoms with Crippen LogP contribution in [0.2, 0.25) is 0 Å². The molecule has 0 unspecified atom stereocenters. The highest BCUT2D eigenvalue weighted by molar-refractivity contribution is 7.80. The molecule has 2 rings (SSSR count). The van der Waals surface area contributed by atoms with Crippen LogP contribution in [0.5, 0.6) is 5.75 Å². The molecule has 2 aromatic rings. The molecule has 0 heterocycles. The normalized spacial score (nSPS) is 9.78. The third-order valence-corrected chi connectivity index (χ3v) is 3.05. The SMILES string of the molecule is C=CCNC(=S)Oc1ccc(C(=O)Nc2ccc(F)cc2)cc1. The van der Waals surface area contributed by atoms with Gasteiger partial charge in [-0.1, -0.05) is 6.08 Å². The second kappa shape index (κ2) is 8.05. The van der Waals surface area contributed by atoms with E-state index in [9.17, 15) is 9.18 Å². The van der Waals surface area contributed by atoms with Crippen molar-refractivity contribution in [2.75, 3.05) is 11.9 Å². The maximum atomic E-state index is 12.8. The number of amides is 1. The quantitative estimate of drug-likeness (QED) is 0.651. The molecular weight excluding hydrogens is 315 g/mol. The number of anilines is 1. The second-order valence-electron chi connectivity index (χ2n) is 4.54. The lowest BCUT2D eigenvalue weighted by Crippen LogP contribution is -2.26. The summed E-state index contributed by atoms with van der Waals surface area (Å²) in [7, 11) is 0. The van der Waals surface area contributed by atoms with Crippen LogP contribution in [0.25, 0.3) is 0 Å². The average molecular weight is 330 g/mol. The van der Waals surface area contributed by atoms with E-state index >= 15 is 0 Å². The largest absolute Gasteiger partial charge is 0.432 e. The molecule has 0 aliphatic rings. The molecule has 4 nitrogen and oxygen atoms in total. The number of thiocarbonyl (C=S) groups is 1. The second-order valence-corrected chi connectivity index (χ2v) is 4.92. The van der Waals surface area contributed by atoms with E-state index in [0.29, 0.717) is 23.5 Å². The zero-order valence-electron chi connectivity index (χ0n) is 12.2. The molecule has 0 aliphatic heterocycles. The van der Waals surface area contributed by atoms with Crippen molar-refractivity contribution in [3.63, 3.8) is 0 Å². The van der Waals surface area contributed by atoms with Gasteiger partial charge in [0.05, 0.1) is 0 Å². The summed E-state index contributed by atoms with van der Waals surface area (Å²) < 4.78 is 18.2. The highest BCUT2D eigenvalue weighted by Gasteiger charge is 2.07. The predicted octanol–water partition coefficient (Wildman–Crippen LogP) is 3.52. The fourth-order valence-corrected chi connectivity index (χ4v) is 1.89. The number of ether oxygens (including phenoxy) is 1. The molecule has 0 radical (unpaired) electrons. The molecule has 0 aliphatic carbocycles. The maximum absolute atomic E-state index is 12.8. The van der Waals surface area contributed by atoms with Crippen molar-refractivity contribution in [3.8, 4) is 5.75 Å². The standard InChI is InChI=1S/C17H15FN2O2S/c1-2-11-19-17(23)22-15-9-3-12(4-10-15)16(21)20-14-7-5-13(18)6-8-14/h2-10H,1,11H2,(H,19,23)(H,20,21). The summed E-state index contributed by atoms with van der Waals surface area (Å²) in [6.45, 7) is 4.08. The Labute approximate surface area is 139 Å². The molecular formula is C17H15FN2O2S. The molecule has 118 valence electrons. The summed E-state index contributed by atoms with van der Waals surface area (Å²) in [4.78, 5) is 12.1. The van der Waals surface area contributed by atoms with Gasteiger partial charge in [-0.15, -0.1) is 6.58 Å². The molecule has 0 saturated heterocycles. The molecule has 6 heteroatoms. The minimum Gasteiger partial charge on any atom is -0.432 e. The Hall–Kier alpha value is -2.73. The molecule has 0 aromatic heterocycles. The van der Waals surface area contributed by atoms with Crippen LogP contribution in [0, 0.1) is 5.82 Å². The van der Waals surface area contributed by atoms with Crippen molar-refractivity contribution in [1.82, 2.24) is 5.32 Å². The molecule has 2 aromatic carbocycles. The lowest BCUT2D eigenvalue weighted by Gasteiger charge is -2.09. The Balaban J connectivity index is 1.95. The Bertz CT molecular complexity index is 700. The van der Waals surface area contributed by atoms with E-state index in [2.05, 4.69) is 17.2 Å². The Kier molecular flexibility index (Phi) is 5.82. The molecule has 0 spiro atoms. The molecule has 0 bridgehead atoms. The molecule has 2 N–H and O–H groups in total. The third-order valence-electron chi connectivity index (χ3n) is 2.82. The monoisotopic (exact) mass is 330 g/mol. The summed E-state index contributed by atoms with van der Waals surface area (Å²) in [6, 6.07) is 12.1. The zero-order valence-corrected chi connectivity index (χ0v) is 13.0. The molecule has 0 fully saturated rings. The summed E-state index contributed by atoms with van der Waals surface area (Å²) in [5.74, 6) is -0.133. The van der Waals surface area contributed by atoms with E-state index in [-0.39, 0.29) is 16.9 Å². The number of hydrogen-bond acceptors (Lipinski definition) is 3. The van der Waals surface area contributed by atoms with Crippen LogP contribution in [0.3, 0.4) is 0 Å². The maximum Gasteiger partial charge on any atom is 0.262 e. The Morgan fingerprint density at radius 3 is 2.43 bits per heavy atom. The summed E-state index contributed by atoms with van der Waals surface area (Å²) in [5, 5.41) is 5.74. The summed E-state index contributed by atoms with van der Waals surface area (Å²) in [5.41, 5.74) is 0.971. The third kappa shape index (κ3) is 5.19. The van der Waals surface area contributed by atoms with Crippen molar-refractivity contribution in [3.05, 3.63) is 72.6 Å². The van der Waals surface area contributed by atoms with Gasteiger partial charge in [0.2, 0.25) is 0 Å². The van der Waals surface area contributed by atoms with Crippen molar-refractivity contribution in [1.29, 1.82) is 0 Å². The minimum absolute atomic E-state index is 0.230. The number of hydrogen-bond donors (Lipinski definition) is 2. The highest BCUT2D eigenvalue weighted by Crippen LogP contribution is 2.15. The van der Waals surface area contributed by atoms with Crippen molar-refractivity contribution in [2.45, 2.75) is 0 Å². The van der Waals surface area contributed by atoms with E-state index in [1.807, 2.05) is 0 Å². The van der Waals surface area contributed by atoms with Gasteiger partial charge in [-0.3, -0.25) is 4.79 Å². The molecule has 1 amide bonds. The molecule has 0 saturated carbocycles. The minimum atomic E-state index is -0.356. The van der Waals surface area contributed by atoms with Crippen LogP contribution in [0.15, 0.2) is 61.2 Å². The van der Waals surface area contributed by atoms with Crippen LogP contribution in [0.4, 0.5) is 10.1 Å². The smallest absolute Gasteiger partial charge is 0.262 e. The number of benzene rings is 2. The van der Waals surface area contributed by atoms with Crippen LogP contribution in [0.1, 0.15) is 10.4 Å². The zero-order chi connectivity index (χ0) is 16.7. The van der Waals surface area contributed by atoms with Crippen LogP contribution >= 0.6 is 12.2 Å². The van der Waals surface area contributed by atoms with Crippen molar-refractivity contribution >= 4 is 29.0 Å². The lowest BCUT2D eigenvalue weighted by atomic mass is 10.2. The first-order valence-electron chi connectivity index (χ1n) is 6.82. The van der Waals surface area contributed by atoms with Gasteiger partial charge in [-0.25, -0.2) is 4.39 Å².